The Bertz CT molecular complexity index is 891. The number of amides is 1. The lowest BCUT2D eigenvalue weighted by molar-refractivity contribution is -0.116. The predicted molar refractivity (Wildman–Crippen MR) is 98.8 cm³/mol. The van der Waals surface area contributed by atoms with Crippen LogP contribution in [0.5, 0.6) is 5.75 Å². The maximum Gasteiger partial charge on any atom is 0.226 e. The van der Waals surface area contributed by atoms with Crippen LogP contribution >= 0.6 is 11.3 Å². The number of aromatic nitrogens is 1. The highest BCUT2D eigenvalue weighted by Crippen LogP contribution is 2.41. The molecule has 0 spiro atoms. The number of anilines is 2. The van der Waals surface area contributed by atoms with Gasteiger partial charge in [0.2, 0.25) is 5.91 Å². The SMILES string of the molecule is Nc1nc2c(s1)[C@H](c1ccc(OCc3ccccc3)cc1)CC(=O)N2. The Balaban J connectivity index is 1.51. The first-order valence-electron chi connectivity index (χ1n) is 8.02. The van der Waals surface area contributed by atoms with E-state index in [1.165, 1.54) is 11.3 Å². The maximum absolute atomic E-state index is 11.9. The maximum atomic E-state index is 11.9. The topological polar surface area (TPSA) is 77.2 Å². The van der Waals surface area contributed by atoms with Crippen LogP contribution in [0, 0.1) is 0 Å². The molecular formula is C19H17N3O2S. The smallest absolute Gasteiger partial charge is 0.226 e. The molecule has 3 aromatic rings. The second kappa shape index (κ2) is 6.57. The van der Waals surface area contributed by atoms with E-state index in [2.05, 4.69) is 10.3 Å². The predicted octanol–water partition coefficient (Wildman–Crippen LogP) is 3.78. The number of ether oxygens (including phenoxy) is 1. The van der Waals surface area contributed by atoms with E-state index in [1.54, 1.807) is 0 Å². The fourth-order valence-electron chi connectivity index (χ4n) is 2.94. The number of nitrogens with two attached hydrogens (primary N) is 1. The third-order valence-corrected chi connectivity index (χ3v) is 5.16. The van der Waals surface area contributed by atoms with E-state index < -0.39 is 0 Å². The lowest BCUT2D eigenvalue weighted by atomic mass is 9.91. The second-order valence-corrected chi connectivity index (χ2v) is 6.98. The van der Waals surface area contributed by atoms with Crippen LogP contribution in [-0.4, -0.2) is 10.9 Å². The number of benzene rings is 2. The molecule has 0 fully saturated rings. The minimum Gasteiger partial charge on any atom is -0.489 e. The minimum atomic E-state index is -0.0350. The van der Waals surface area contributed by atoms with Crippen molar-refractivity contribution in [3.05, 3.63) is 70.6 Å². The highest BCUT2D eigenvalue weighted by Gasteiger charge is 2.29. The third kappa shape index (κ3) is 3.34. The molecule has 5 nitrogen and oxygen atoms in total. The van der Waals surface area contributed by atoms with Gasteiger partial charge in [-0.2, -0.15) is 0 Å². The Morgan fingerprint density at radius 2 is 1.92 bits per heavy atom. The van der Waals surface area contributed by atoms with Crippen molar-refractivity contribution in [3.8, 4) is 5.75 Å². The summed E-state index contributed by atoms with van der Waals surface area (Å²) >= 11 is 1.43. The highest BCUT2D eigenvalue weighted by atomic mass is 32.1. The summed E-state index contributed by atoms with van der Waals surface area (Å²) in [6, 6.07) is 17.9. The summed E-state index contributed by atoms with van der Waals surface area (Å²) in [5, 5.41) is 3.26. The molecule has 3 N–H and O–H groups in total. The molecule has 1 aromatic heterocycles. The van der Waals surface area contributed by atoms with Crippen molar-refractivity contribution in [2.45, 2.75) is 18.9 Å². The van der Waals surface area contributed by atoms with Crippen molar-refractivity contribution in [2.75, 3.05) is 11.1 Å². The molecule has 0 radical (unpaired) electrons. The van der Waals surface area contributed by atoms with Crippen molar-refractivity contribution in [2.24, 2.45) is 0 Å². The fraction of sp³-hybridized carbons (Fsp3) is 0.158. The molecule has 0 unspecified atom stereocenters. The number of hydrogen-bond acceptors (Lipinski definition) is 5. The van der Waals surface area contributed by atoms with E-state index >= 15 is 0 Å². The van der Waals surface area contributed by atoms with Crippen LogP contribution in [-0.2, 0) is 11.4 Å². The molecule has 1 amide bonds. The molecule has 0 bridgehead atoms. The second-order valence-electron chi connectivity index (χ2n) is 5.91. The zero-order chi connectivity index (χ0) is 17.2. The number of carbonyl (C=O) groups excluding carboxylic acids is 1. The van der Waals surface area contributed by atoms with Crippen molar-refractivity contribution in [3.63, 3.8) is 0 Å². The Kier molecular flexibility index (Phi) is 4.11. The van der Waals surface area contributed by atoms with Crippen LogP contribution in [0.1, 0.15) is 28.3 Å². The molecular weight excluding hydrogens is 334 g/mol. The number of thiazole rings is 1. The average Bonchev–Trinajstić information content (AvgIpc) is 3.00. The zero-order valence-corrected chi connectivity index (χ0v) is 14.3. The first-order chi connectivity index (χ1) is 12.2. The van der Waals surface area contributed by atoms with E-state index in [0.717, 1.165) is 21.8 Å². The molecule has 4 rings (SSSR count). The van der Waals surface area contributed by atoms with Crippen LogP contribution in [0.25, 0.3) is 0 Å². The van der Waals surface area contributed by atoms with E-state index in [9.17, 15) is 4.79 Å². The summed E-state index contributed by atoms with van der Waals surface area (Å²) in [5.41, 5.74) is 7.99. The van der Waals surface area contributed by atoms with Gasteiger partial charge in [0.05, 0.1) is 4.88 Å². The van der Waals surface area contributed by atoms with Crippen LogP contribution < -0.4 is 15.8 Å². The van der Waals surface area contributed by atoms with Crippen LogP contribution in [0.4, 0.5) is 10.9 Å². The van der Waals surface area contributed by atoms with Crippen molar-refractivity contribution >= 4 is 28.2 Å². The minimum absolute atomic E-state index is 0.0123. The molecule has 6 heteroatoms. The standard InChI is InChI=1S/C19H17N3O2S/c20-19-22-18-17(25-19)15(10-16(23)21-18)13-6-8-14(9-7-13)24-11-12-4-2-1-3-5-12/h1-9,15H,10-11H2,(H2,20,22)(H,21,23)/t15-/m0/s1. The van der Waals surface area contributed by atoms with E-state index in [-0.39, 0.29) is 11.8 Å². The Hall–Kier alpha value is -2.86. The number of nitrogens with zero attached hydrogens (tertiary/aromatic N) is 1. The van der Waals surface area contributed by atoms with Gasteiger partial charge in [0.1, 0.15) is 18.2 Å². The summed E-state index contributed by atoms with van der Waals surface area (Å²) in [7, 11) is 0. The highest BCUT2D eigenvalue weighted by molar-refractivity contribution is 7.16. The Labute approximate surface area is 149 Å². The molecule has 2 aromatic carbocycles. The molecule has 0 saturated heterocycles. The fourth-order valence-corrected chi connectivity index (χ4v) is 3.86. The molecule has 1 aliphatic rings. The number of hydrogen-bond donors (Lipinski definition) is 2. The summed E-state index contributed by atoms with van der Waals surface area (Å²) in [4.78, 5) is 17.1. The van der Waals surface area contributed by atoms with Gasteiger partial charge in [0, 0.05) is 12.3 Å². The summed E-state index contributed by atoms with van der Waals surface area (Å²) in [6.07, 6.45) is 0.402. The monoisotopic (exact) mass is 351 g/mol. The zero-order valence-electron chi connectivity index (χ0n) is 13.4. The number of nitrogen functional groups attached to an aromatic ring is 1. The van der Waals surface area contributed by atoms with Crippen LogP contribution in [0.2, 0.25) is 0 Å². The lowest BCUT2D eigenvalue weighted by Crippen LogP contribution is -2.22. The summed E-state index contributed by atoms with van der Waals surface area (Å²) in [5.74, 6) is 1.35. The normalized spacial score (nSPS) is 16.2. The molecule has 1 aliphatic heterocycles. The number of fused-ring (bicyclic) bond motifs is 1. The van der Waals surface area contributed by atoms with Gasteiger partial charge in [0.25, 0.3) is 0 Å². The summed E-state index contributed by atoms with van der Waals surface area (Å²) in [6.45, 7) is 0.529. The van der Waals surface area contributed by atoms with Crippen LogP contribution in [0.3, 0.4) is 0 Å². The van der Waals surface area contributed by atoms with Gasteiger partial charge in [0.15, 0.2) is 5.13 Å². The molecule has 126 valence electrons. The first kappa shape index (κ1) is 15.7. The van der Waals surface area contributed by atoms with Crippen LogP contribution in [0.15, 0.2) is 54.6 Å². The Morgan fingerprint density at radius 1 is 1.16 bits per heavy atom. The van der Waals surface area contributed by atoms with E-state index in [4.69, 9.17) is 10.5 Å². The van der Waals surface area contributed by atoms with Gasteiger partial charge < -0.3 is 15.8 Å². The number of carbonyl (C=O) groups is 1. The van der Waals surface area contributed by atoms with Crippen molar-refractivity contribution in [1.29, 1.82) is 0 Å². The summed E-state index contributed by atoms with van der Waals surface area (Å²) < 4.78 is 5.82. The quantitative estimate of drug-likeness (QED) is 0.750. The van der Waals surface area contributed by atoms with Gasteiger partial charge in [-0.15, -0.1) is 0 Å². The van der Waals surface area contributed by atoms with Gasteiger partial charge in [-0.3, -0.25) is 4.79 Å². The van der Waals surface area contributed by atoms with Crippen molar-refractivity contribution < 1.29 is 9.53 Å². The number of rotatable bonds is 4. The lowest BCUT2D eigenvalue weighted by Gasteiger charge is -2.21. The Morgan fingerprint density at radius 3 is 2.68 bits per heavy atom. The van der Waals surface area contributed by atoms with Gasteiger partial charge >= 0.3 is 0 Å². The van der Waals surface area contributed by atoms with E-state index in [1.807, 2.05) is 54.6 Å². The third-order valence-electron chi connectivity index (χ3n) is 4.16. The molecule has 0 aliphatic carbocycles. The van der Waals surface area contributed by atoms with Gasteiger partial charge in [-0.05, 0) is 23.3 Å². The van der Waals surface area contributed by atoms with Gasteiger partial charge in [-0.25, -0.2) is 4.98 Å². The van der Waals surface area contributed by atoms with Gasteiger partial charge in [-0.1, -0.05) is 53.8 Å². The van der Waals surface area contributed by atoms with E-state index in [0.29, 0.717) is 24.0 Å². The number of nitrogens with one attached hydrogen (secondary N) is 1. The molecule has 2 heterocycles. The van der Waals surface area contributed by atoms with Crippen molar-refractivity contribution in [1.82, 2.24) is 4.98 Å². The largest absolute Gasteiger partial charge is 0.489 e. The molecule has 1 atom stereocenters. The first-order valence-corrected chi connectivity index (χ1v) is 8.83. The molecule has 0 saturated carbocycles. The molecule has 25 heavy (non-hydrogen) atoms. The average molecular weight is 351 g/mol.